The second-order valence-electron chi connectivity index (χ2n) is 4.34. The van der Waals surface area contributed by atoms with Crippen LogP contribution in [0.1, 0.15) is 18.5 Å². The summed E-state index contributed by atoms with van der Waals surface area (Å²) in [6, 6.07) is 6.74. The van der Waals surface area contributed by atoms with Crippen molar-refractivity contribution in [2.45, 2.75) is 17.9 Å². The molecule has 1 aromatic rings. The van der Waals surface area contributed by atoms with E-state index in [-0.39, 0.29) is 11.8 Å². The lowest BCUT2D eigenvalue weighted by Crippen LogP contribution is -2.25. The second-order valence-corrected chi connectivity index (χ2v) is 6.62. The van der Waals surface area contributed by atoms with Gasteiger partial charge in [-0.2, -0.15) is 0 Å². The molecule has 0 unspecified atom stereocenters. The van der Waals surface area contributed by atoms with Crippen molar-refractivity contribution in [3.05, 3.63) is 29.8 Å². The van der Waals surface area contributed by atoms with E-state index in [9.17, 15) is 8.42 Å². The predicted molar refractivity (Wildman–Crippen MR) is 69.7 cm³/mol. The maximum absolute atomic E-state index is 11.6. The fourth-order valence-electron chi connectivity index (χ4n) is 1.59. The molecule has 4 nitrogen and oxygen atoms in total. The molecule has 1 atom stereocenters. The minimum atomic E-state index is -3.11. The van der Waals surface area contributed by atoms with E-state index in [1.54, 1.807) is 31.2 Å². The van der Waals surface area contributed by atoms with Crippen LogP contribution in [0, 0.1) is 0 Å². The number of hydrogen-bond donors (Lipinski definition) is 1. The van der Waals surface area contributed by atoms with Crippen LogP contribution in [0.5, 0.6) is 0 Å². The van der Waals surface area contributed by atoms with Gasteiger partial charge in [0.15, 0.2) is 9.84 Å². The van der Waals surface area contributed by atoms with Gasteiger partial charge in [-0.25, -0.2) is 8.42 Å². The van der Waals surface area contributed by atoms with Crippen LogP contribution in [-0.2, 0) is 9.84 Å². The molecule has 2 N–H and O–H groups in total. The van der Waals surface area contributed by atoms with Crippen LogP contribution >= 0.6 is 0 Å². The van der Waals surface area contributed by atoms with Gasteiger partial charge in [0.2, 0.25) is 0 Å². The average molecular weight is 256 g/mol. The Morgan fingerprint density at radius 2 is 1.76 bits per heavy atom. The molecule has 96 valence electrons. The van der Waals surface area contributed by atoms with Crippen LogP contribution in [0.4, 0.5) is 0 Å². The van der Waals surface area contributed by atoms with E-state index in [1.807, 2.05) is 19.0 Å². The Kier molecular flexibility index (Phi) is 4.68. The number of nitrogens with zero attached hydrogens (tertiary/aromatic N) is 1. The van der Waals surface area contributed by atoms with E-state index in [0.29, 0.717) is 4.90 Å². The zero-order valence-electron chi connectivity index (χ0n) is 10.6. The quantitative estimate of drug-likeness (QED) is 0.855. The Balaban J connectivity index is 2.89. The van der Waals surface area contributed by atoms with Gasteiger partial charge in [-0.3, -0.25) is 0 Å². The minimum absolute atomic E-state index is 0.0941. The smallest absolute Gasteiger partial charge is 0.178 e. The molecule has 0 aromatic heterocycles. The summed E-state index contributed by atoms with van der Waals surface area (Å²) in [5, 5.41) is 0. The molecule has 0 aliphatic carbocycles. The van der Waals surface area contributed by atoms with E-state index in [0.717, 1.165) is 12.1 Å². The highest BCUT2D eigenvalue weighted by atomic mass is 32.2. The molecule has 0 radical (unpaired) electrons. The molecule has 0 spiro atoms. The average Bonchev–Trinajstić information content (AvgIpc) is 2.28. The maximum atomic E-state index is 11.6. The highest BCUT2D eigenvalue weighted by Crippen LogP contribution is 2.16. The molecule has 0 saturated heterocycles. The van der Waals surface area contributed by atoms with Crippen LogP contribution in [0.15, 0.2) is 29.2 Å². The van der Waals surface area contributed by atoms with Gasteiger partial charge in [0.1, 0.15) is 0 Å². The van der Waals surface area contributed by atoms with Crippen molar-refractivity contribution in [1.29, 1.82) is 0 Å². The van der Waals surface area contributed by atoms with Crippen LogP contribution in [-0.4, -0.2) is 39.7 Å². The summed E-state index contributed by atoms with van der Waals surface area (Å²) in [6.07, 6.45) is 0. The Bertz CT molecular complexity index is 452. The van der Waals surface area contributed by atoms with Gasteiger partial charge >= 0.3 is 0 Å². The van der Waals surface area contributed by atoms with Gasteiger partial charge in [0, 0.05) is 12.6 Å². The fraction of sp³-hybridized carbons (Fsp3) is 0.500. The van der Waals surface area contributed by atoms with Crippen molar-refractivity contribution in [1.82, 2.24) is 4.90 Å². The van der Waals surface area contributed by atoms with Gasteiger partial charge in [-0.1, -0.05) is 19.1 Å². The van der Waals surface area contributed by atoms with Crippen LogP contribution in [0.2, 0.25) is 0 Å². The third-order valence-corrected chi connectivity index (χ3v) is 4.36. The lowest BCUT2D eigenvalue weighted by Gasteiger charge is -2.17. The lowest BCUT2D eigenvalue weighted by molar-refractivity contribution is 0.376. The molecule has 0 aliphatic heterocycles. The fourth-order valence-corrected chi connectivity index (χ4v) is 2.47. The summed E-state index contributed by atoms with van der Waals surface area (Å²) in [5.41, 5.74) is 6.95. The van der Waals surface area contributed by atoms with Crippen molar-refractivity contribution in [3.8, 4) is 0 Å². The van der Waals surface area contributed by atoms with Crippen LogP contribution < -0.4 is 5.73 Å². The number of benzene rings is 1. The van der Waals surface area contributed by atoms with Crippen molar-refractivity contribution in [2.75, 3.05) is 26.4 Å². The normalized spacial score (nSPS) is 13.9. The Morgan fingerprint density at radius 1 is 1.24 bits per heavy atom. The third kappa shape index (κ3) is 3.80. The summed E-state index contributed by atoms with van der Waals surface area (Å²) in [6.45, 7) is 2.38. The summed E-state index contributed by atoms with van der Waals surface area (Å²) in [4.78, 5) is 2.36. The minimum Gasteiger partial charge on any atom is -0.323 e. The Hall–Kier alpha value is -0.910. The largest absolute Gasteiger partial charge is 0.323 e. The standard InChI is InChI=1S/C12H20N2O2S/c1-4-17(15,16)11-7-5-10(6-8-11)12(13)9-14(2)3/h5-8,12H,4,9,13H2,1-3H3/t12-/m0/s1. The molecule has 0 fully saturated rings. The molecule has 0 saturated carbocycles. The third-order valence-electron chi connectivity index (χ3n) is 2.61. The SMILES string of the molecule is CCS(=O)(=O)c1ccc([C@@H](N)CN(C)C)cc1. The van der Waals surface area contributed by atoms with Crippen molar-refractivity contribution < 1.29 is 8.42 Å². The first-order valence-electron chi connectivity index (χ1n) is 5.60. The van der Waals surface area contributed by atoms with Gasteiger partial charge < -0.3 is 10.6 Å². The molecule has 0 amide bonds. The molecule has 1 rings (SSSR count). The number of likely N-dealkylation sites (N-methyl/N-ethyl adjacent to an activating group) is 1. The maximum Gasteiger partial charge on any atom is 0.178 e. The first-order chi connectivity index (χ1) is 7.86. The molecular formula is C12H20N2O2S. The van der Waals surface area contributed by atoms with E-state index in [4.69, 9.17) is 5.73 Å². The Labute approximate surface area is 103 Å². The molecular weight excluding hydrogens is 236 g/mol. The number of hydrogen-bond acceptors (Lipinski definition) is 4. The molecule has 0 aliphatic rings. The van der Waals surface area contributed by atoms with Crippen LogP contribution in [0.3, 0.4) is 0 Å². The summed E-state index contributed by atoms with van der Waals surface area (Å²) >= 11 is 0. The Morgan fingerprint density at radius 3 is 2.18 bits per heavy atom. The van der Waals surface area contributed by atoms with E-state index in [1.165, 1.54) is 0 Å². The van der Waals surface area contributed by atoms with E-state index in [2.05, 4.69) is 0 Å². The summed E-state index contributed by atoms with van der Waals surface area (Å²) in [5.74, 6) is 0.121. The number of rotatable bonds is 5. The highest BCUT2D eigenvalue weighted by Gasteiger charge is 2.12. The highest BCUT2D eigenvalue weighted by molar-refractivity contribution is 7.91. The van der Waals surface area contributed by atoms with Gasteiger partial charge in [-0.15, -0.1) is 0 Å². The van der Waals surface area contributed by atoms with E-state index < -0.39 is 9.84 Å². The lowest BCUT2D eigenvalue weighted by atomic mass is 10.1. The monoisotopic (exact) mass is 256 g/mol. The summed E-state index contributed by atoms with van der Waals surface area (Å²) < 4.78 is 23.2. The van der Waals surface area contributed by atoms with Crippen LogP contribution in [0.25, 0.3) is 0 Å². The summed E-state index contributed by atoms with van der Waals surface area (Å²) in [7, 11) is 0.793. The topological polar surface area (TPSA) is 63.4 Å². The van der Waals surface area contributed by atoms with Crippen molar-refractivity contribution in [2.24, 2.45) is 5.73 Å². The number of nitrogens with two attached hydrogens (primary N) is 1. The first kappa shape index (κ1) is 14.2. The molecule has 17 heavy (non-hydrogen) atoms. The second kappa shape index (κ2) is 5.62. The zero-order chi connectivity index (χ0) is 13.1. The molecule has 0 bridgehead atoms. The van der Waals surface area contributed by atoms with Crippen molar-refractivity contribution in [3.63, 3.8) is 0 Å². The van der Waals surface area contributed by atoms with Gasteiger partial charge in [0.25, 0.3) is 0 Å². The van der Waals surface area contributed by atoms with Gasteiger partial charge in [0.05, 0.1) is 10.6 Å². The molecule has 1 aromatic carbocycles. The zero-order valence-corrected chi connectivity index (χ0v) is 11.4. The molecule has 5 heteroatoms. The van der Waals surface area contributed by atoms with Gasteiger partial charge in [-0.05, 0) is 31.8 Å². The van der Waals surface area contributed by atoms with Crippen molar-refractivity contribution >= 4 is 9.84 Å². The van der Waals surface area contributed by atoms with E-state index >= 15 is 0 Å². The predicted octanol–water partition coefficient (Wildman–Crippen LogP) is 1.04. The number of sulfone groups is 1. The first-order valence-corrected chi connectivity index (χ1v) is 7.25. The molecule has 0 heterocycles.